The number of halogens is 1. The van der Waals surface area contributed by atoms with E-state index in [0.29, 0.717) is 22.4 Å². The van der Waals surface area contributed by atoms with E-state index >= 15 is 0 Å². The van der Waals surface area contributed by atoms with Crippen molar-refractivity contribution in [2.75, 3.05) is 12.0 Å². The Balaban J connectivity index is 1.87. The maximum absolute atomic E-state index is 13.1. The molecule has 1 heterocycles. The van der Waals surface area contributed by atoms with Crippen LogP contribution in [0.5, 0.6) is 0 Å². The van der Waals surface area contributed by atoms with Crippen molar-refractivity contribution in [3.8, 4) is 0 Å². The summed E-state index contributed by atoms with van der Waals surface area (Å²) < 4.78 is 5.54. The molecule has 1 N–H and O–H groups in total. The number of anilines is 1. The minimum atomic E-state index is -0.830. The maximum Gasteiger partial charge on any atom is 0.337 e. The molecule has 1 aliphatic rings. The van der Waals surface area contributed by atoms with E-state index in [0.717, 1.165) is 4.47 Å². The van der Waals surface area contributed by atoms with E-state index in [1.54, 1.807) is 60.7 Å². The Morgan fingerprint density at radius 3 is 2.09 bits per heavy atom. The third kappa shape index (κ3) is 3.83. The van der Waals surface area contributed by atoms with E-state index < -0.39 is 23.7 Å². The lowest BCUT2D eigenvalue weighted by Crippen LogP contribution is -2.29. The molecule has 1 aliphatic heterocycles. The summed E-state index contributed by atoms with van der Waals surface area (Å²) in [5, 5.41) is 11.0. The molecule has 0 spiro atoms. The number of Topliss-reactive ketones (excluding diaryl/α,β-unsaturated/α-hetero) is 1. The van der Waals surface area contributed by atoms with Gasteiger partial charge < -0.3 is 9.84 Å². The van der Waals surface area contributed by atoms with E-state index in [-0.39, 0.29) is 11.3 Å². The second-order valence-electron chi connectivity index (χ2n) is 7.13. The molecule has 1 amide bonds. The Morgan fingerprint density at radius 1 is 0.906 bits per heavy atom. The molecule has 3 aromatic carbocycles. The molecule has 6 nitrogen and oxygen atoms in total. The van der Waals surface area contributed by atoms with Crippen molar-refractivity contribution in [3.05, 3.63) is 106 Å². The highest BCUT2D eigenvalue weighted by Crippen LogP contribution is 2.42. The summed E-state index contributed by atoms with van der Waals surface area (Å²) in [5.74, 6) is -2.30. The standard InChI is InChI=1S/C25H18BrNO5/c1-32-25(31)17-9-13-19(14-10-17)27-21(15-5-3-2-4-6-15)20(23(29)24(27)30)22(28)16-7-11-18(26)12-8-16/h2-14,21,28H,1H3/b22-20+. The molecule has 32 heavy (non-hydrogen) atoms. The first-order valence-electron chi connectivity index (χ1n) is 9.72. The van der Waals surface area contributed by atoms with Crippen LogP contribution in [0.15, 0.2) is 88.9 Å². The highest BCUT2D eigenvalue weighted by molar-refractivity contribution is 9.10. The predicted octanol–water partition coefficient (Wildman–Crippen LogP) is 4.86. The Bertz CT molecular complexity index is 1220. The topological polar surface area (TPSA) is 83.9 Å². The molecular formula is C25H18BrNO5. The van der Waals surface area contributed by atoms with Gasteiger partial charge in [0.15, 0.2) is 0 Å². The van der Waals surface area contributed by atoms with Gasteiger partial charge in [-0.15, -0.1) is 0 Å². The Labute approximate surface area is 192 Å². The quantitative estimate of drug-likeness (QED) is 0.243. The highest BCUT2D eigenvalue weighted by Gasteiger charge is 2.46. The molecule has 1 saturated heterocycles. The molecule has 160 valence electrons. The summed E-state index contributed by atoms with van der Waals surface area (Å²) in [6.45, 7) is 0. The highest BCUT2D eigenvalue weighted by atomic mass is 79.9. The van der Waals surface area contributed by atoms with Crippen molar-refractivity contribution in [1.82, 2.24) is 0 Å². The molecule has 4 rings (SSSR count). The number of amides is 1. The number of aliphatic hydroxyl groups excluding tert-OH is 1. The fourth-order valence-corrected chi connectivity index (χ4v) is 3.95. The molecule has 0 aliphatic carbocycles. The van der Waals surface area contributed by atoms with Gasteiger partial charge in [-0.3, -0.25) is 14.5 Å². The number of hydrogen-bond acceptors (Lipinski definition) is 5. The molecule has 0 saturated carbocycles. The molecule has 1 unspecified atom stereocenters. The lowest BCUT2D eigenvalue weighted by molar-refractivity contribution is -0.132. The van der Waals surface area contributed by atoms with Crippen LogP contribution in [-0.2, 0) is 14.3 Å². The first-order chi connectivity index (χ1) is 15.4. The van der Waals surface area contributed by atoms with Gasteiger partial charge in [0.05, 0.1) is 24.3 Å². The van der Waals surface area contributed by atoms with Gasteiger partial charge in [-0.05, 0) is 42.0 Å². The van der Waals surface area contributed by atoms with Crippen LogP contribution in [0.3, 0.4) is 0 Å². The van der Waals surface area contributed by atoms with Crippen LogP contribution in [0, 0.1) is 0 Å². The molecule has 1 atom stereocenters. The van der Waals surface area contributed by atoms with Crippen LogP contribution in [0.1, 0.15) is 27.5 Å². The summed E-state index contributed by atoms with van der Waals surface area (Å²) in [7, 11) is 1.28. The van der Waals surface area contributed by atoms with Crippen LogP contribution in [0.2, 0.25) is 0 Å². The molecule has 3 aromatic rings. The predicted molar refractivity (Wildman–Crippen MR) is 123 cm³/mol. The molecule has 7 heteroatoms. The van der Waals surface area contributed by atoms with E-state index in [4.69, 9.17) is 4.74 Å². The third-order valence-corrected chi connectivity index (χ3v) is 5.77. The second kappa shape index (κ2) is 8.80. The van der Waals surface area contributed by atoms with Gasteiger partial charge in [0, 0.05) is 15.7 Å². The van der Waals surface area contributed by atoms with Crippen LogP contribution in [0.25, 0.3) is 5.76 Å². The van der Waals surface area contributed by atoms with E-state index in [1.165, 1.54) is 24.1 Å². The van der Waals surface area contributed by atoms with Gasteiger partial charge in [0.1, 0.15) is 5.76 Å². The summed E-state index contributed by atoms with van der Waals surface area (Å²) in [6.07, 6.45) is 0. The largest absolute Gasteiger partial charge is 0.507 e. The number of nitrogens with zero attached hydrogens (tertiary/aromatic N) is 1. The van der Waals surface area contributed by atoms with Crippen molar-refractivity contribution in [1.29, 1.82) is 0 Å². The molecule has 0 aromatic heterocycles. The maximum atomic E-state index is 13.1. The number of hydrogen-bond donors (Lipinski definition) is 1. The fourth-order valence-electron chi connectivity index (χ4n) is 3.69. The summed E-state index contributed by atoms with van der Waals surface area (Å²) >= 11 is 3.35. The third-order valence-electron chi connectivity index (χ3n) is 5.24. The Morgan fingerprint density at radius 2 is 1.50 bits per heavy atom. The summed E-state index contributed by atoms with van der Waals surface area (Å²) in [4.78, 5) is 39.3. The fraction of sp³-hybridized carbons (Fsp3) is 0.0800. The van der Waals surface area contributed by atoms with Crippen LogP contribution < -0.4 is 4.90 Å². The smallest absolute Gasteiger partial charge is 0.337 e. The SMILES string of the molecule is COC(=O)c1ccc(N2C(=O)C(=O)/C(=C(/O)c3ccc(Br)cc3)C2c2ccccc2)cc1. The average molecular weight is 492 g/mol. The van der Waals surface area contributed by atoms with Crippen molar-refractivity contribution < 1.29 is 24.2 Å². The number of rotatable bonds is 4. The normalized spacial score (nSPS) is 17.4. The lowest BCUT2D eigenvalue weighted by atomic mass is 9.95. The Hall–Kier alpha value is -3.71. The lowest BCUT2D eigenvalue weighted by Gasteiger charge is -2.25. The number of ketones is 1. The van der Waals surface area contributed by atoms with E-state index in [9.17, 15) is 19.5 Å². The first kappa shape index (κ1) is 21.5. The zero-order valence-electron chi connectivity index (χ0n) is 17.0. The molecule has 0 radical (unpaired) electrons. The molecule has 1 fully saturated rings. The number of benzene rings is 3. The summed E-state index contributed by atoms with van der Waals surface area (Å²) in [6, 6.07) is 21.2. The monoisotopic (exact) mass is 491 g/mol. The summed E-state index contributed by atoms with van der Waals surface area (Å²) in [5.41, 5.74) is 1.83. The average Bonchev–Trinajstić information content (AvgIpc) is 3.09. The zero-order chi connectivity index (χ0) is 22.8. The van der Waals surface area contributed by atoms with Crippen LogP contribution in [-0.4, -0.2) is 29.9 Å². The van der Waals surface area contributed by atoms with Crippen molar-refractivity contribution >= 4 is 45.0 Å². The number of esters is 1. The minimum Gasteiger partial charge on any atom is -0.507 e. The van der Waals surface area contributed by atoms with Crippen molar-refractivity contribution in [3.63, 3.8) is 0 Å². The van der Waals surface area contributed by atoms with Crippen molar-refractivity contribution in [2.24, 2.45) is 0 Å². The second-order valence-corrected chi connectivity index (χ2v) is 8.04. The van der Waals surface area contributed by atoms with Gasteiger partial charge >= 0.3 is 5.97 Å². The Kier molecular flexibility index (Phi) is 5.92. The zero-order valence-corrected chi connectivity index (χ0v) is 18.6. The van der Waals surface area contributed by atoms with E-state index in [2.05, 4.69) is 15.9 Å². The molecule has 0 bridgehead atoms. The van der Waals surface area contributed by atoms with Gasteiger partial charge in [0.2, 0.25) is 0 Å². The number of aliphatic hydroxyl groups is 1. The van der Waals surface area contributed by atoms with Crippen molar-refractivity contribution in [2.45, 2.75) is 6.04 Å². The minimum absolute atomic E-state index is 0.000525. The van der Waals surface area contributed by atoms with Gasteiger partial charge in [-0.25, -0.2) is 4.79 Å². The van der Waals surface area contributed by atoms with Crippen LogP contribution in [0.4, 0.5) is 5.69 Å². The molecular weight excluding hydrogens is 474 g/mol. The van der Waals surface area contributed by atoms with Gasteiger partial charge in [0.25, 0.3) is 11.7 Å². The first-order valence-corrected chi connectivity index (χ1v) is 10.5. The number of ether oxygens (including phenoxy) is 1. The van der Waals surface area contributed by atoms with Gasteiger partial charge in [-0.2, -0.15) is 0 Å². The number of methoxy groups -OCH3 is 1. The van der Waals surface area contributed by atoms with Gasteiger partial charge in [-0.1, -0.05) is 58.4 Å². The van der Waals surface area contributed by atoms with E-state index in [1.807, 2.05) is 6.07 Å². The number of carbonyl (C=O) groups is 3. The van der Waals surface area contributed by atoms with Crippen LogP contribution >= 0.6 is 15.9 Å². The number of carbonyl (C=O) groups excluding carboxylic acids is 3.